The molecule has 0 fully saturated rings. The first-order valence-corrected chi connectivity index (χ1v) is 8.98. The first-order chi connectivity index (χ1) is 9.91. The van der Waals surface area contributed by atoms with Crippen molar-refractivity contribution in [3.63, 3.8) is 0 Å². The van der Waals surface area contributed by atoms with Crippen LogP contribution < -0.4 is 0 Å². The highest BCUT2D eigenvalue weighted by Crippen LogP contribution is 2.11. The molecule has 0 aromatic rings. The van der Waals surface area contributed by atoms with Gasteiger partial charge in [0.15, 0.2) is 0 Å². The molecule has 154 valence electrons. The molecule has 0 heterocycles. The molecule has 0 saturated heterocycles. The van der Waals surface area contributed by atoms with Crippen LogP contribution in [0.1, 0.15) is 120 Å². The monoisotopic (exact) mass is 350 g/mol. The molecule has 0 N–H and O–H groups in total. The van der Waals surface area contributed by atoms with Crippen LogP contribution in [0, 0.1) is 0 Å². The van der Waals surface area contributed by atoms with Crippen molar-refractivity contribution in [2.45, 2.75) is 120 Å². The second-order valence-corrected chi connectivity index (χ2v) is 5.85. The van der Waals surface area contributed by atoms with Crippen LogP contribution in [0.4, 0.5) is 0 Å². The molecule has 2 heteroatoms. The van der Waals surface area contributed by atoms with Gasteiger partial charge >= 0.3 is 0 Å². The van der Waals surface area contributed by atoms with Gasteiger partial charge in [-0.15, -0.1) is 0 Å². The average molecular weight is 351 g/mol. The van der Waals surface area contributed by atoms with Crippen molar-refractivity contribution in [3.05, 3.63) is 0 Å². The minimum Gasteiger partial charge on any atom is -0.385 e. The Labute approximate surface area is 157 Å². The number of hydrogen-bond acceptors (Lipinski definition) is 2. The molecule has 0 aromatic carbocycles. The van der Waals surface area contributed by atoms with Gasteiger partial charge in [-0.2, -0.15) is 0 Å². The van der Waals surface area contributed by atoms with Crippen molar-refractivity contribution in [3.8, 4) is 0 Å². The van der Waals surface area contributed by atoms with E-state index in [-0.39, 0.29) is 29.7 Å². The van der Waals surface area contributed by atoms with Gasteiger partial charge in [0.05, 0.1) is 0 Å². The van der Waals surface area contributed by atoms with E-state index in [2.05, 4.69) is 6.92 Å². The van der Waals surface area contributed by atoms with Crippen LogP contribution in [-0.4, -0.2) is 26.9 Å². The molecule has 0 aromatic heterocycles. The van der Waals surface area contributed by atoms with Crippen molar-refractivity contribution in [2.75, 3.05) is 26.9 Å². The van der Waals surface area contributed by atoms with E-state index < -0.39 is 0 Å². The van der Waals surface area contributed by atoms with Crippen LogP contribution in [0.2, 0.25) is 0 Å². The minimum atomic E-state index is 0. The van der Waals surface area contributed by atoms with Gasteiger partial charge in [-0.1, -0.05) is 101 Å². The summed E-state index contributed by atoms with van der Waals surface area (Å²) in [4.78, 5) is 0. The smallest absolute Gasteiger partial charge is 0.0466 e. The highest BCUT2D eigenvalue weighted by atomic mass is 16.5. The summed E-state index contributed by atoms with van der Waals surface area (Å²) in [6, 6.07) is 0. The molecule has 0 amide bonds. The molecule has 0 aliphatic heterocycles. The number of methoxy groups -OCH3 is 1. The molecule has 0 rings (SSSR count). The lowest BCUT2D eigenvalue weighted by atomic mass is 10.1. The Morgan fingerprint density at radius 2 is 0.792 bits per heavy atom. The molecular formula is C22H54O2. The summed E-state index contributed by atoms with van der Waals surface area (Å²) in [5.41, 5.74) is 0. The maximum absolute atomic E-state index is 5.61. The third-order valence-corrected chi connectivity index (χ3v) is 3.78. The van der Waals surface area contributed by atoms with Gasteiger partial charge in [0.1, 0.15) is 0 Å². The van der Waals surface area contributed by atoms with Crippen LogP contribution >= 0.6 is 0 Å². The Morgan fingerprint density at radius 3 is 1.21 bits per heavy atom. The van der Waals surface area contributed by atoms with Crippen LogP contribution in [0.3, 0.4) is 0 Å². The Kier molecular flexibility index (Phi) is 50.2. The molecule has 24 heavy (non-hydrogen) atoms. The van der Waals surface area contributed by atoms with Crippen molar-refractivity contribution < 1.29 is 9.47 Å². The Balaban J connectivity index is -0.000000301. The molecule has 0 radical (unpaired) electrons. The predicted molar refractivity (Wildman–Crippen MR) is 115 cm³/mol. The van der Waals surface area contributed by atoms with Gasteiger partial charge < -0.3 is 9.47 Å². The van der Waals surface area contributed by atoms with E-state index in [0.717, 1.165) is 32.7 Å². The highest BCUT2D eigenvalue weighted by Gasteiger charge is 1.94. The van der Waals surface area contributed by atoms with E-state index in [1.807, 2.05) is 0 Å². The Hall–Kier alpha value is -0.0800. The third-order valence-electron chi connectivity index (χ3n) is 3.78. The molecule has 0 bridgehead atoms. The average Bonchev–Trinajstić information content (AvgIpc) is 2.47. The van der Waals surface area contributed by atoms with Crippen LogP contribution in [-0.2, 0) is 9.47 Å². The zero-order valence-electron chi connectivity index (χ0n) is 14.1. The molecular weight excluding hydrogens is 296 g/mol. The second kappa shape index (κ2) is 34.3. The van der Waals surface area contributed by atoms with Crippen molar-refractivity contribution in [2.24, 2.45) is 0 Å². The van der Waals surface area contributed by atoms with Gasteiger partial charge in [0.25, 0.3) is 0 Å². The fraction of sp³-hybridized carbons (Fsp3) is 1.00. The molecule has 0 saturated carbocycles. The van der Waals surface area contributed by atoms with Crippen molar-refractivity contribution in [1.29, 1.82) is 0 Å². The first-order valence-electron chi connectivity index (χ1n) is 8.98. The van der Waals surface area contributed by atoms with Gasteiger partial charge in [0, 0.05) is 26.9 Å². The van der Waals surface area contributed by atoms with Gasteiger partial charge in [-0.25, -0.2) is 0 Å². The normalized spacial score (nSPS) is 9.25. The fourth-order valence-electron chi connectivity index (χ4n) is 2.42. The third kappa shape index (κ3) is 33.5. The fourth-order valence-corrected chi connectivity index (χ4v) is 2.42. The maximum Gasteiger partial charge on any atom is 0.0466 e. The molecule has 0 aliphatic carbocycles. The lowest BCUT2D eigenvalue weighted by Crippen LogP contribution is -1.99. The first kappa shape index (κ1) is 35.1. The quantitative estimate of drug-likeness (QED) is 0.246. The summed E-state index contributed by atoms with van der Waals surface area (Å²) in [5, 5.41) is 0. The zero-order valence-corrected chi connectivity index (χ0v) is 14.1. The van der Waals surface area contributed by atoms with E-state index >= 15 is 0 Å². The SMILES string of the molecule is C.C.C.C.CCCCCCCCCCCCCOCCCCOC. The van der Waals surface area contributed by atoms with Crippen LogP contribution in [0.5, 0.6) is 0 Å². The second-order valence-electron chi connectivity index (χ2n) is 5.85. The molecule has 2 nitrogen and oxygen atoms in total. The van der Waals surface area contributed by atoms with Crippen LogP contribution in [0.15, 0.2) is 0 Å². The summed E-state index contributed by atoms with van der Waals surface area (Å²) in [6.45, 7) is 5.00. The largest absolute Gasteiger partial charge is 0.385 e. The summed E-state index contributed by atoms with van der Waals surface area (Å²) < 4.78 is 10.6. The topological polar surface area (TPSA) is 18.5 Å². The Morgan fingerprint density at radius 1 is 0.458 bits per heavy atom. The molecule has 0 spiro atoms. The minimum absolute atomic E-state index is 0. The predicted octanol–water partition coefficient (Wildman–Crippen LogP) is 8.29. The van der Waals surface area contributed by atoms with E-state index in [4.69, 9.17) is 9.47 Å². The number of ether oxygens (including phenoxy) is 2. The van der Waals surface area contributed by atoms with Gasteiger partial charge in [-0.3, -0.25) is 0 Å². The molecule has 0 atom stereocenters. The lowest BCUT2D eigenvalue weighted by molar-refractivity contribution is 0.115. The summed E-state index contributed by atoms with van der Waals surface area (Å²) in [5.74, 6) is 0. The summed E-state index contributed by atoms with van der Waals surface area (Å²) in [7, 11) is 1.76. The van der Waals surface area contributed by atoms with E-state index in [9.17, 15) is 0 Å². The molecule has 0 unspecified atom stereocenters. The summed E-state index contributed by atoms with van der Waals surface area (Å²) >= 11 is 0. The van der Waals surface area contributed by atoms with E-state index in [1.165, 1.54) is 70.6 Å². The maximum atomic E-state index is 5.61. The van der Waals surface area contributed by atoms with Crippen LogP contribution in [0.25, 0.3) is 0 Å². The molecule has 0 aliphatic rings. The van der Waals surface area contributed by atoms with Gasteiger partial charge in [0.2, 0.25) is 0 Å². The standard InChI is InChI=1S/C18H38O2.4CH4/c1-3-4-5-6-7-8-9-10-11-12-13-17-20-18-15-14-16-19-2;;;;/h3-18H2,1-2H3;4*1H4. The summed E-state index contributed by atoms with van der Waals surface area (Å²) in [6.07, 6.45) is 17.6. The van der Waals surface area contributed by atoms with E-state index in [1.54, 1.807) is 7.11 Å². The van der Waals surface area contributed by atoms with E-state index in [0.29, 0.717) is 0 Å². The van der Waals surface area contributed by atoms with Crippen molar-refractivity contribution >= 4 is 0 Å². The number of unbranched alkanes of at least 4 members (excludes halogenated alkanes) is 11. The highest BCUT2D eigenvalue weighted by molar-refractivity contribution is 4.48. The lowest BCUT2D eigenvalue weighted by Gasteiger charge is -2.04. The van der Waals surface area contributed by atoms with Crippen molar-refractivity contribution in [1.82, 2.24) is 0 Å². The van der Waals surface area contributed by atoms with Gasteiger partial charge in [-0.05, 0) is 19.3 Å². The number of hydrogen-bond donors (Lipinski definition) is 0. The number of rotatable bonds is 17. The zero-order chi connectivity index (χ0) is 14.7. The Bertz CT molecular complexity index is 142.